The van der Waals surface area contributed by atoms with Crippen LogP contribution in [0.25, 0.3) is 10.9 Å². The normalized spacial score (nSPS) is 11.0. The Morgan fingerprint density at radius 3 is 2.36 bits per heavy atom. The lowest BCUT2D eigenvalue weighted by molar-refractivity contribution is -0.132. The fourth-order valence-electron chi connectivity index (χ4n) is 4.58. The lowest BCUT2D eigenvalue weighted by Gasteiger charge is -2.30. The Morgan fingerprint density at radius 1 is 0.949 bits per heavy atom. The second kappa shape index (κ2) is 12.8. The molecule has 204 valence electrons. The van der Waals surface area contributed by atoms with Gasteiger partial charge in [0.15, 0.2) is 11.5 Å². The fourth-order valence-corrected chi connectivity index (χ4v) is 4.84. The number of aromatic nitrogens is 1. The molecular formula is C31H34BrN3O4. The van der Waals surface area contributed by atoms with Gasteiger partial charge in [-0.15, -0.1) is 0 Å². The molecule has 0 aliphatic carbocycles. The van der Waals surface area contributed by atoms with Crippen molar-refractivity contribution in [2.75, 3.05) is 27.3 Å². The highest BCUT2D eigenvalue weighted by molar-refractivity contribution is 9.10. The molecule has 1 N–H and O–H groups in total. The number of ether oxygens (including phenoxy) is 2. The maximum absolute atomic E-state index is 13.8. The van der Waals surface area contributed by atoms with Crippen LogP contribution < -0.4 is 9.47 Å². The number of hydrogen-bond donors (Lipinski definition) is 1. The minimum absolute atomic E-state index is 0.0201. The number of carbonyl (C=O) groups is 2. The first-order chi connectivity index (χ1) is 18.8. The predicted molar refractivity (Wildman–Crippen MR) is 157 cm³/mol. The lowest BCUT2D eigenvalue weighted by atomic mass is 10.1. The van der Waals surface area contributed by atoms with E-state index in [4.69, 9.17) is 9.47 Å². The largest absolute Gasteiger partial charge is 0.493 e. The van der Waals surface area contributed by atoms with Crippen LogP contribution in [-0.2, 0) is 17.8 Å². The molecule has 7 nitrogen and oxygen atoms in total. The van der Waals surface area contributed by atoms with Crippen molar-refractivity contribution in [3.63, 3.8) is 0 Å². The van der Waals surface area contributed by atoms with Gasteiger partial charge in [0.05, 0.1) is 14.2 Å². The molecule has 0 unspecified atom stereocenters. The number of nitrogens with one attached hydrogen (secondary N) is 1. The van der Waals surface area contributed by atoms with Gasteiger partial charge in [-0.25, -0.2) is 0 Å². The van der Waals surface area contributed by atoms with Crippen molar-refractivity contribution in [1.29, 1.82) is 0 Å². The van der Waals surface area contributed by atoms with Gasteiger partial charge in [-0.05, 0) is 73.9 Å². The van der Waals surface area contributed by atoms with Gasteiger partial charge in [0, 0.05) is 46.3 Å². The molecule has 0 saturated carbocycles. The smallest absolute Gasteiger partial charge is 0.254 e. The molecule has 0 atom stereocenters. The first kappa shape index (κ1) is 28.2. The lowest BCUT2D eigenvalue weighted by Crippen LogP contribution is -2.46. The second-order valence-electron chi connectivity index (χ2n) is 9.65. The van der Waals surface area contributed by atoms with Gasteiger partial charge < -0.3 is 24.3 Å². The van der Waals surface area contributed by atoms with Crippen LogP contribution in [0, 0.1) is 0 Å². The number of nitrogens with zero attached hydrogens (tertiary/aromatic N) is 2. The summed E-state index contributed by atoms with van der Waals surface area (Å²) in [6.45, 7) is 4.70. The molecule has 0 fully saturated rings. The van der Waals surface area contributed by atoms with Crippen LogP contribution in [0.15, 0.2) is 77.4 Å². The van der Waals surface area contributed by atoms with Crippen molar-refractivity contribution in [1.82, 2.24) is 14.8 Å². The van der Waals surface area contributed by atoms with Gasteiger partial charge in [0.25, 0.3) is 5.91 Å². The third kappa shape index (κ3) is 6.81. The Morgan fingerprint density at radius 2 is 1.67 bits per heavy atom. The van der Waals surface area contributed by atoms with Gasteiger partial charge >= 0.3 is 0 Å². The Hall–Kier alpha value is -3.78. The molecule has 2 amide bonds. The quantitative estimate of drug-likeness (QED) is 0.230. The number of rotatable bonds is 11. The van der Waals surface area contributed by atoms with Crippen LogP contribution in [0.2, 0.25) is 0 Å². The number of hydrogen-bond acceptors (Lipinski definition) is 4. The molecule has 1 aromatic heterocycles. The third-order valence-electron chi connectivity index (χ3n) is 6.78. The van der Waals surface area contributed by atoms with Crippen LogP contribution >= 0.6 is 15.9 Å². The molecule has 0 bridgehead atoms. The topological polar surface area (TPSA) is 74.9 Å². The average Bonchev–Trinajstić information content (AvgIpc) is 3.36. The van der Waals surface area contributed by atoms with Crippen molar-refractivity contribution in [3.05, 3.63) is 94.1 Å². The molecule has 4 aromatic rings. The molecule has 4 rings (SSSR count). The minimum Gasteiger partial charge on any atom is -0.493 e. The maximum Gasteiger partial charge on any atom is 0.254 e. The fraction of sp³-hybridized carbons (Fsp3) is 0.290. The summed E-state index contributed by atoms with van der Waals surface area (Å²) in [5.74, 6) is 0.939. The van der Waals surface area contributed by atoms with Gasteiger partial charge in [-0.3, -0.25) is 9.59 Å². The number of amides is 2. The highest BCUT2D eigenvalue weighted by Gasteiger charge is 2.25. The molecule has 39 heavy (non-hydrogen) atoms. The molecule has 1 heterocycles. The zero-order valence-corrected chi connectivity index (χ0v) is 24.3. The minimum atomic E-state index is -0.173. The highest BCUT2D eigenvalue weighted by atomic mass is 79.9. The standard InChI is InChI=1S/C31H34BrN3O4/c1-21(2)35(31(37)23-10-12-25(32)13-11-23)20-30(36)34(19-22-9-14-28(38-3)29(17-22)39-4)16-15-24-18-33-27-8-6-5-7-26(24)27/h5-14,17-18,21,33H,15-16,19-20H2,1-4H3. The third-order valence-corrected chi connectivity index (χ3v) is 7.31. The van der Waals surface area contributed by atoms with Crippen molar-refractivity contribution in [2.24, 2.45) is 0 Å². The number of para-hydroxylation sites is 1. The van der Waals surface area contributed by atoms with Crippen molar-refractivity contribution >= 4 is 38.6 Å². The van der Waals surface area contributed by atoms with E-state index in [1.165, 1.54) is 0 Å². The summed E-state index contributed by atoms with van der Waals surface area (Å²) in [5, 5.41) is 1.14. The van der Waals surface area contributed by atoms with Crippen molar-refractivity contribution in [2.45, 2.75) is 32.9 Å². The zero-order valence-electron chi connectivity index (χ0n) is 22.7. The summed E-state index contributed by atoms with van der Waals surface area (Å²) < 4.78 is 11.8. The Kier molecular flexibility index (Phi) is 9.30. The van der Waals surface area contributed by atoms with Crippen LogP contribution in [0.1, 0.15) is 35.3 Å². The number of H-pyrrole nitrogens is 1. The number of halogens is 1. The second-order valence-corrected chi connectivity index (χ2v) is 10.6. The van der Waals surface area contributed by atoms with E-state index in [-0.39, 0.29) is 24.4 Å². The molecule has 0 radical (unpaired) electrons. The maximum atomic E-state index is 13.8. The molecule has 8 heteroatoms. The monoisotopic (exact) mass is 591 g/mol. The van der Waals surface area contributed by atoms with Crippen LogP contribution in [-0.4, -0.2) is 59.9 Å². The van der Waals surface area contributed by atoms with Gasteiger partial charge in [0.1, 0.15) is 6.54 Å². The average molecular weight is 593 g/mol. The molecule has 0 saturated heterocycles. The predicted octanol–water partition coefficient (Wildman–Crippen LogP) is 6.07. The molecule has 0 spiro atoms. The Balaban J connectivity index is 1.58. The van der Waals surface area contributed by atoms with Gasteiger partial charge in [-0.1, -0.05) is 40.2 Å². The molecule has 0 aliphatic heterocycles. The summed E-state index contributed by atoms with van der Waals surface area (Å²) in [6.07, 6.45) is 2.67. The summed E-state index contributed by atoms with van der Waals surface area (Å²) >= 11 is 3.41. The van der Waals surface area contributed by atoms with E-state index in [2.05, 4.69) is 27.0 Å². The zero-order chi connectivity index (χ0) is 27.9. The number of benzene rings is 3. The van der Waals surface area contributed by atoms with Crippen LogP contribution in [0.3, 0.4) is 0 Å². The van der Waals surface area contributed by atoms with E-state index in [1.807, 2.05) is 73.5 Å². The summed E-state index contributed by atoms with van der Waals surface area (Å²) in [4.78, 5) is 33.9. The van der Waals surface area contributed by atoms with Gasteiger partial charge in [-0.2, -0.15) is 0 Å². The molecular weight excluding hydrogens is 558 g/mol. The van der Waals surface area contributed by atoms with E-state index in [9.17, 15) is 9.59 Å². The van der Waals surface area contributed by atoms with E-state index >= 15 is 0 Å². The number of carbonyl (C=O) groups excluding carboxylic acids is 2. The SMILES string of the molecule is COc1ccc(CN(CCc2c[nH]c3ccccc23)C(=O)CN(C(=O)c2ccc(Br)cc2)C(C)C)cc1OC. The highest BCUT2D eigenvalue weighted by Crippen LogP contribution is 2.28. The van der Waals surface area contributed by atoms with Crippen LogP contribution in [0.5, 0.6) is 11.5 Å². The first-order valence-corrected chi connectivity index (χ1v) is 13.7. The van der Waals surface area contributed by atoms with Crippen molar-refractivity contribution in [3.8, 4) is 11.5 Å². The van der Waals surface area contributed by atoms with E-state index in [1.54, 1.807) is 31.3 Å². The Labute approximate surface area is 237 Å². The number of methoxy groups -OCH3 is 2. The molecule has 3 aromatic carbocycles. The van der Waals surface area contributed by atoms with E-state index < -0.39 is 0 Å². The van der Waals surface area contributed by atoms with E-state index in [0.717, 1.165) is 26.5 Å². The van der Waals surface area contributed by atoms with Crippen LogP contribution in [0.4, 0.5) is 0 Å². The van der Waals surface area contributed by atoms with Crippen molar-refractivity contribution < 1.29 is 19.1 Å². The van der Waals surface area contributed by atoms with E-state index in [0.29, 0.717) is 36.6 Å². The molecule has 0 aliphatic rings. The summed E-state index contributed by atoms with van der Waals surface area (Å²) in [5.41, 5.74) is 3.67. The van der Waals surface area contributed by atoms with Gasteiger partial charge in [0.2, 0.25) is 5.91 Å². The number of fused-ring (bicyclic) bond motifs is 1. The summed E-state index contributed by atoms with van der Waals surface area (Å²) in [6, 6.07) is 20.8. The summed E-state index contributed by atoms with van der Waals surface area (Å²) in [7, 11) is 3.19. The number of aromatic amines is 1. The Bertz CT molecular complexity index is 1430. The first-order valence-electron chi connectivity index (χ1n) is 12.9.